The average molecular weight is 371 g/mol. The molecule has 4 heteroatoms. The van der Waals surface area contributed by atoms with Gasteiger partial charge in [0, 0.05) is 5.69 Å². The number of benzene rings is 1. The van der Waals surface area contributed by atoms with Crippen molar-refractivity contribution in [2.75, 3.05) is 6.61 Å². The van der Waals surface area contributed by atoms with Crippen molar-refractivity contribution in [1.29, 1.82) is 0 Å². The number of rotatable bonds is 10. The molecule has 4 nitrogen and oxygen atoms in total. The van der Waals surface area contributed by atoms with Crippen LogP contribution in [0.3, 0.4) is 0 Å². The fraction of sp³-hybridized carbons (Fsp3) is 0.565. The first-order chi connectivity index (χ1) is 13.0. The molecule has 27 heavy (non-hydrogen) atoms. The van der Waals surface area contributed by atoms with Crippen molar-refractivity contribution in [1.82, 2.24) is 9.78 Å². The van der Waals surface area contributed by atoms with Crippen molar-refractivity contribution in [2.24, 2.45) is 0 Å². The molecule has 2 aromatic rings. The number of aryl methyl sites for hydroxylation is 3. The van der Waals surface area contributed by atoms with Gasteiger partial charge in [0.2, 0.25) is 0 Å². The second kappa shape index (κ2) is 10.3. The van der Waals surface area contributed by atoms with Crippen LogP contribution in [0.15, 0.2) is 18.2 Å². The fourth-order valence-corrected chi connectivity index (χ4v) is 3.58. The average Bonchev–Trinajstić information content (AvgIpc) is 2.92. The molecular weight excluding hydrogens is 336 g/mol. The van der Waals surface area contributed by atoms with Crippen molar-refractivity contribution < 1.29 is 9.53 Å². The van der Waals surface area contributed by atoms with Gasteiger partial charge >= 0.3 is 0 Å². The Bertz CT molecular complexity index is 742. The summed E-state index contributed by atoms with van der Waals surface area (Å²) in [6.45, 7) is 10.2. The van der Waals surface area contributed by atoms with E-state index in [1.807, 2.05) is 45.9 Å². The van der Waals surface area contributed by atoms with Crippen LogP contribution >= 0.6 is 0 Å². The molecule has 0 N–H and O–H groups in total. The zero-order valence-electron chi connectivity index (χ0n) is 17.6. The molecule has 2 rings (SSSR count). The molecule has 1 aromatic carbocycles. The molecule has 0 aliphatic heterocycles. The molecule has 1 heterocycles. The van der Waals surface area contributed by atoms with Crippen molar-refractivity contribution in [3.63, 3.8) is 0 Å². The third-order valence-corrected chi connectivity index (χ3v) is 5.21. The molecule has 0 fully saturated rings. The molecule has 0 amide bonds. The van der Waals surface area contributed by atoms with Gasteiger partial charge in [0.25, 0.3) is 5.91 Å². The predicted molar refractivity (Wildman–Crippen MR) is 111 cm³/mol. The van der Waals surface area contributed by atoms with E-state index < -0.39 is 0 Å². The van der Waals surface area contributed by atoms with Crippen LogP contribution in [0, 0.1) is 27.7 Å². The Morgan fingerprint density at radius 2 is 1.63 bits per heavy atom. The second-order valence-corrected chi connectivity index (χ2v) is 7.48. The normalized spacial score (nSPS) is 11.0. The molecule has 0 atom stereocenters. The predicted octanol–water partition coefficient (Wildman–Crippen LogP) is 5.74. The number of hydrogen-bond donors (Lipinski definition) is 0. The van der Waals surface area contributed by atoms with E-state index in [0.717, 1.165) is 41.1 Å². The smallest absolute Gasteiger partial charge is 0.284 e. The van der Waals surface area contributed by atoms with Crippen LogP contribution in [0.5, 0.6) is 5.75 Å². The summed E-state index contributed by atoms with van der Waals surface area (Å²) in [4.78, 5) is 12.7. The van der Waals surface area contributed by atoms with E-state index in [1.165, 1.54) is 42.3 Å². The SMILES string of the molecule is CCCCCCCCc1c(C)nn(C(=O)COc2c(C)cccc2C)c1C. The van der Waals surface area contributed by atoms with Gasteiger partial charge in [0.05, 0.1) is 5.69 Å². The summed E-state index contributed by atoms with van der Waals surface area (Å²) in [7, 11) is 0. The zero-order valence-corrected chi connectivity index (χ0v) is 17.6. The number of carbonyl (C=O) groups excluding carboxylic acids is 1. The molecule has 0 aliphatic carbocycles. The van der Waals surface area contributed by atoms with Crippen molar-refractivity contribution in [2.45, 2.75) is 79.6 Å². The second-order valence-electron chi connectivity index (χ2n) is 7.48. The minimum atomic E-state index is -0.118. The number of unbranched alkanes of at least 4 members (excludes halogenated alkanes) is 5. The standard InChI is InChI=1S/C23H34N2O2/c1-6-7-8-9-10-11-15-21-19(4)24-25(20(21)5)22(26)16-27-23-17(2)13-12-14-18(23)3/h12-14H,6-11,15-16H2,1-5H3. The Labute approximate surface area is 163 Å². The minimum Gasteiger partial charge on any atom is -0.483 e. The summed E-state index contributed by atoms with van der Waals surface area (Å²) in [6, 6.07) is 5.98. The van der Waals surface area contributed by atoms with Crippen LogP contribution in [-0.4, -0.2) is 22.3 Å². The van der Waals surface area contributed by atoms with Gasteiger partial charge in [-0.1, -0.05) is 57.2 Å². The van der Waals surface area contributed by atoms with Crippen LogP contribution in [0.2, 0.25) is 0 Å². The van der Waals surface area contributed by atoms with Crippen LogP contribution in [0.4, 0.5) is 0 Å². The van der Waals surface area contributed by atoms with E-state index in [2.05, 4.69) is 12.0 Å². The van der Waals surface area contributed by atoms with Crippen LogP contribution in [0.1, 0.15) is 78.3 Å². The lowest BCUT2D eigenvalue weighted by Crippen LogP contribution is -2.22. The van der Waals surface area contributed by atoms with E-state index in [4.69, 9.17) is 4.74 Å². The molecular formula is C23H34N2O2. The molecule has 0 aliphatic rings. The first kappa shape index (κ1) is 21.2. The molecule has 0 saturated carbocycles. The van der Waals surface area contributed by atoms with Crippen LogP contribution in [-0.2, 0) is 6.42 Å². The van der Waals surface area contributed by atoms with E-state index in [9.17, 15) is 4.79 Å². The maximum Gasteiger partial charge on any atom is 0.284 e. The van der Waals surface area contributed by atoms with Crippen LogP contribution < -0.4 is 4.74 Å². The molecule has 148 valence electrons. The zero-order chi connectivity index (χ0) is 19.8. The Hall–Kier alpha value is -2.10. The maximum atomic E-state index is 12.7. The topological polar surface area (TPSA) is 44.1 Å². The Morgan fingerprint density at radius 1 is 1.00 bits per heavy atom. The van der Waals surface area contributed by atoms with E-state index >= 15 is 0 Å². The summed E-state index contributed by atoms with van der Waals surface area (Å²) in [6.07, 6.45) is 8.61. The van der Waals surface area contributed by atoms with Gasteiger partial charge in [-0.2, -0.15) is 5.10 Å². The van der Waals surface area contributed by atoms with Gasteiger partial charge < -0.3 is 4.74 Å². The lowest BCUT2D eigenvalue weighted by molar-refractivity contribution is 0.0817. The van der Waals surface area contributed by atoms with Gasteiger partial charge in [-0.15, -0.1) is 0 Å². The molecule has 0 radical (unpaired) electrons. The number of ether oxygens (including phenoxy) is 1. The highest BCUT2D eigenvalue weighted by Gasteiger charge is 2.17. The highest BCUT2D eigenvalue weighted by Crippen LogP contribution is 2.22. The summed E-state index contributed by atoms with van der Waals surface area (Å²) in [5.74, 6) is 0.673. The highest BCUT2D eigenvalue weighted by molar-refractivity contribution is 5.80. The third kappa shape index (κ3) is 5.69. The first-order valence-corrected chi connectivity index (χ1v) is 10.2. The Morgan fingerprint density at radius 3 is 2.30 bits per heavy atom. The number of carbonyl (C=O) groups is 1. The van der Waals surface area contributed by atoms with Gasteiger partial charge in [-0.05, 0) is 57.2 Å². The third-order valence-electron chi connectivity index (χ3n) is 5.21. The maximum absolute atomic E-state index is 12.7. The highest BCUT2D eigenvalue weighted by atomic mass is 16.5. The molecule has 1 aromatic heterocycles. The summed E-state index contributed by atoms with van der Waals surface area (Å²) >= 11 is 0. The van der Waals surface area contributed by atoms with Crippen molar-refractivity contribution >= 4 is 5.91 Å². The van der Waals surface area contributed by atoms with Gasteiger partial charge in [-0.25, -0.2) is 4.68 Å². The fourth-order valence-electron chi connectivity index (χ4n) is 3.58. The van der Waals surface area contributed by atoms with E-state index in [1.54, 1.807) is 0 Å². The number of nitrogens with zero attached hydrogens (tertiary/aromatic N) is 2. The molecule has 0 spiro atoms. The first-order valence-electron chi connectivity index (χ1n) is 10.2. The van der Waals surface area contributed by atoms with E-state index in [0.29, 0.717) is 0 Å². The Kier molecular flexibility index (Phi) is 8.08. The van der Waals surface area contributed by atoms with Gasteiger partial charge in [0.1, 0.15) is 5.75 Å². The Balaban J connectivity index is 1.95. The van der Waals surface area contributed by atoms with Crippen molar-refractivity contribution in [3.8, 4) is 5.75 Å². The largest absolute Gasteiger partial charge is 0.483 e. The summed E-state index contributed by atoms with van der Waals surface area (Å²) in [5, 5.41) is 4.48. The monoisotopic (exact) mass is 370 g/mol. The summed E-state index contributed by atoms with van der Waals surface area (Å²) < 4.78 is 7.34. The molecule has 0 unspecified atom stereocenters. The summed E-state index contributed by atoms with van der Waals surface area (Å²) in [5.41, 5.74) is 5.21. The quantitative estimate of drug-likeness (QED) is 0.501. The molecule has 0 saturated heterocycles. The van der Waals surface area contributed by atoms with Gasteiger partial charge in [-0.3, -0.25) is 4.79 Å². The number of hydrogen-bond acceptors (Lipinski definition) is 3. The lowest BCUT2D eigenvalue weighted by Gasteiger charge is -2.11. The minimum absolute atomic E-state index is 0.00408. The van der Waals surface area contributed by atoms with E-state index in [-0.39, 0.29) is 12.5 Å². The number of para-hydroxylation sites is 1. The number of aromatic nitrogens is 2. The molecule has 0 bridgehead atoms. The van der Waals surface area contributed by atoms with Crippen LogP contribution in [0.25, 0.3) is 0 Å². The lowest BCUT2D eigenvalue weighted by atomic mass is 10.0. The van der Waals surface area contributed by atoms with Gasteiger partial charge in [0.15, 0.2) is 6.61 Å². The van der Waals surface area contributed by atoms with Crippen molar-refractivity contribution in [3.05, 3.63) is 46.3 Å².